The van der Waals surface area contributed by atoms with Gasteiger partial charge in [0.05, 0.1) is 18.6 Å². The quantitative estimate of drug-likeness (QED) is 0.871. The summed E-state index contributed by atoms with van der Waals surface area (Å²) in [6.07, 6.45) is 4.01. The van der Waals surface area contributed by atoms with Gasteiger partial charge in [0.1, 0.15) is 0 Å². The second-order valence-electron chi connectivity index (χ2n) is 6.73. The van der Waals surface area contributed by atoms with Crippen molar-refractivity contribution in [3.63, 3.8) is 0 Å². The van der Waals surface area contributed by atoms with Gasteiger partial charge in [0, 0.05) is 31.9 Å². The van der Waals surface area contributed by atoms with E-state index >= 15 is 0 Å². The van der Waals surface area contributed by atoms with Gasteiger partial charge in [-0.15, -0.1) is 0 Å². The van der Waals surface area contributed by atoms with Crippen LogP contribution in [0.2, 0.25) is 0 Å². The highest BCUT2D eigenvalue weighted by molar-refractivity contribution is 5.95. The number of carbonyl (C=O) groups is 1. The van der Waals surface area contributed by atoms with Gasteiger partial charge in [0.15, 0.2) is 0 Å². The lowest BCUT2D eigenvalue weighted by Gasteiger charge is -2.27. The first-order valence-corrected chi connectivity index (χ1v) is 8.62. The van der Waals surface area contributed by atoms with Crippen molar-refractivity contribution >= 4 is 11.6 Å². The summed E-state index contributed by atoms with van der Waals surface area (Å²) in [5.41, 5.74) is 7.65. The summed E-state index contributed by atoms with van der Waals surface area (Å²) in [6.45, 7) is 4.97. The molecule has 1 aliphatic carbocycles. The molecule has 1 aromatic rings. The van der Waals surface area contributed by atoms with Gasteiger partial charge in [-0.1, -0.05) is 25.0 Å². The minimum Gasteiger partial charge on any atom is -0.379 e. The predicted octanol–water partition coefficient (Wildman–Crippen LogP) is 1.98. The topological polar surface area (TPSA) is 67.6 Å². The van der Waals surface area contributed by atoms with Crippen molar-refractivity contribution in [2.24, 2.45) is 11.1 Å². The fraction of sp³-hybridized carbons (Fsp3) is 0.611. The van der Waals surface area contributed by atoms with E-state index in [9.17, 15) is 4.79 Å². The molecule has 1 saturated heterocycles. The van der Waals surface area contributed by atoms with Gasteiger partial charge < -0.3 is 15.8 Å². The Kier molecular flexibility index (Phi) is 5.30. The molecule has 126 valence electrons. The molecular weight excluding hydrogens is 290 g/mol. The number of carbonyl (C=O) groups excluding carboxylic acids is 1. The molecule has 3 rings (SSSR count). The predicted molar refractivity (Wildman–Crippen MR) is 91.1 cm³/mol. The number of nitrogens with zero attached hydrogens (tertiary/aromatic N) is 1. The van der Waals surface area contributed by atoms with Crippen molar-refractivity contribution in [2.75, 3.05) is 38.2 Å². The monoisotopic (exact) mass is 317 g/mol. The summed E-state index contributed by atoms with van der Waals surface area (Å²) in [5, 5.41) is 3.05. The molecule has 1 aliphatic heterocycles. The number of morpholine rings is 1. The first-order valence-electron chi connectivity index (χ1n) is 8.62. The summed E-state index contributed by atoms with van der Waals surface area (Å²) in [6, 6.07) is 8.17. The molecule has 2 fully saturated rings. The highest BCUT2D eigenvalue weighted by Crippen LogP contribution is 2.38. The number of ether oxygens (including phenoxy) is 1. The molecule has 0 bridgehead atoms. The second kappa shape index (κ2) is 7.43. The molecule has 1 saturated carbocycles. The summed E-state index contributed by atoms with van der Waals surface area (Å²) in [7, 11) is 0. The van der Waals surface area contributed by atoms with Gasteiger partial charge in [-0.2, -0.15) is 0 Å². The van der Waals surface area contributed by atoms with Crippen molar-refractivity contribution < 1.29 is 9.53 Å². The normalized spacial score (nSPS) is 21.3. The largest absolute Gasteiger partial charge is 0.379 e. The molecule has 0 spiro atoms. The molecule has 1 amide bonds. The molecule has 2 aliphatic rings. The van der Waals surface area contributed by atoms with Gasteiger partial charge in [-0.05, 0) is 30.5 Å². The zero-order valence-electron chi connectivity index (χ0n) is 13.7. The lowest BCUT2D eigenvalue weighted by atomic mass is 9.85. The summed E-state index contributed by atoms with van der Waals surface area (Å²) in [5.74, 6) is 0.0819. The van der Waals surface area contributed by atoms with Gasteiger partial charge in [0.25, 0.3) is 0 Å². The van der Waals surface area contributed by atoms with E-state index in [0.717, 1.165) is 64.2 Å². The standard InChI is InChI=1S/C18H27N3O2/c19-14-18(7-1-2-8-18)17(22)20-16-5-3-15(4-6-16)13-21-9-11-23-12-10-21/h3-6H,1-2,7-14,19H2,(H,20,22). The molecule has 1 aromatic carbocycles. The van der Waals surface area contributed by atoms with Crippen molar-refractivity contribution in [1.29, 1.82) is 0 Å². The lowest BCUT2D eigenvalue weighted by Crippen LogP contribution is -2.40. The summed E-state index contributed by atoms with van der Waals surface area (Å²) >= 11 is 0. The Morgan fingerprint density at radius 3 is 2.43 bits per heavy atom. The SMILES string of the molecule is NCC1(C(=O)Nc2ccc(CN3CCOCC3)cc2)CCCC1. The third-order valence-corrected chi connectivity index (χ3v) is 5.15. The molecular formula is C18H27N3O2. The number of benzene rings is 1. The Labute approximate surface area is 138 Å². The van der Waals surface area contributed by atoms with Crippen LogP contribution in [0.1, 0.15) is 31.2 Å². The summed E-state index contributed by atoms with van der Waals surface area (Å²) < 4.78 is 5.37. The van der Waals surface area contributed by atoms with Crippen LogP contribution in [0.5, 0.6) is 0 Å². The average Bonchev–Trinajstić information content (AvgIpc) is 3.08. The molecule has 0 unspecified atom stereocenters. The Bertz CT molecular complexity index is 518. The third-order valence-electron chi connectivity index (χ3n) is 5.15. The van der Waals surface area contributed by atoms with E-state index in [0.29, 0.717) is 6.54 Å². The Morgan fingerprint density at radius 2 is 1.83 bits per heavy atom. The van der Waals surface area contributed by atoms with Crippen LogP contribution in [0.25, 0.3) is 0 Å². The van der Waals surface area contributed by atoms with E-state index in [1.165, 1.54) is 5.56 Å². The van der Waals surface area contributed by atoms with Gasteiger partial charge in [-0.25, -0.2) is 0 Å². The molecule has 23 heavy (non-hydrogen) atoms. The van der Waals surface area contributed by atoms with Crippen molar-refractivity contribution in [3.8, 4) is 0 Å². The van der Waals surface area contributed by atoms with Crippen LogP contribution in [0.3, 0.4) is 0 Å². The van der Waals surface area contributed by atoms with Gasteiger partial charge in [0.2, 0.25) is 5.91 Å². The molecule has 1 heterocycles. The molecule has 5 heteroatoms. The number of nitrogens with one attached hydrogen (secondary N) is 1. The fourth-order valence-corrected chi connectivity index (χ4v) is 3.55. The number of hydrogen-bond acceptors (Lipinski definition) is 4. The van der Waals surface area contributed by atoms with E-state index in [1.54, 1.807) is 0 Å². The van der Waals surface area contributed by atoms with Crippen LogP contribution in [0.15, 0.2) is 24.3 Å². The zero-order chi connectivity index (χ0) is 16.1. The van der Waals surface area contributed by atoms with Crippen LogP contribution in [-0.4, -0.2) is 43.7 Å². The second-order valence-corrected chi connectivity index (χ2v) is 6.73. The smallest absolute Gasteiger partial charge is 0.231 e. The minimum atomic E-state index is -0.355. The minimum absolute atomic E-state index is 0.0819. The van der Waals surface area contributed by atoms with Gasteiger partial charge >= 0.3 is 0 Å². The van der Waals surface area contributed by atoms with Crippen LogP contribution in [0.4, 0.5) is 5.69 Å². The Hall–Kier alpha value is -1.43. The fourth-order valence-electron chi connectivity index (χ4n) is 3.55. The molecule has 3 N–H and O–H groups in total. The highest BCUT2D eigenvalue weighted by Gasteiger charge is 2.39. The van der Waals surface area contributed by atoms with E-state index in [-0.39, 0.29) is 11.3 Å². The van der Waals surface area contributed by atoms with Crippen LogP contribution in [-0.2, 0) is 16.1 Å². The maximum Gasteiger partial charge on any atom is 0.231 e. The molecule has 5 nitrogen and oxygen atoms in total. The van der Waals surface area contributed by atoms with Crippen molar-refractivity contribution in [2.45, 2.75) is 32.2 Å². The Morgan fingerprint density at radius 1 is 1.17 bits per heavy atom. The lowest BCUT2D eigenvalue weighted by molar-refractivity contribution is -0.124. The number of anilines is 1. The number of hydrogen-bond donors (Lipinski definition) is 2. The van der Waals surface area contributed by atoms with Crippen molar-refractivity contribution in [3.05, 3.63) is 29.8 Å². The van der Waals surface area contributed by atoms with Gasteiger partial charge in [-0.3, -0.25) is 9.69 Å². The first-order chi connectivity index (χ1) is 11.2. The Balaban J connectivity index is 1.57. The van der Waals surface area contributed by atoms with E-state index in [4.69, 9.17) is 10.5 Å². The molecule has 0 radical (unpaired) electrons. The van der Waals surface area contributed by atoms with Crippen LogP contribution in [0, 0.1) is 5.41 Å². The van der Waals surface area contributed by atoms with E-state index < -0.39 is 0 Å². The average molecular weight is 317 g/mol. The van der Waals surface area contributed by atoms with E-state index in [1.807, 2.05) is 12.1 Å². The summed E-state index contributed by atoms with van der Waals surface area (Å²) in [4.78, 5) is 14.9. The number of nitrogens with two attached hydrogens (primary N) is 1. The molecule has 0 aromatic heterocycles. The first kappa shape index (κ1) is 16.4. The number of amides is 1. The van der Waals surface area contributed by atoms with Crippen LogP contribution < -0.4 is 11.1 Å². The van der Waals surface area contributed by atoms with Crippen molar-refractivity contribution in [1.82, 2.24) is 4.90 Å². The highest BCUT2D eigenvalue weighted by atomic mass is 16.5. The maximum absolute atomic E-state index is 12.6. The zero-order valence-corrected chi connectivity index (χ0v) is 13.7. The van der Waals surface area contributed by atoms with Crippen LogP contribution >= 0.6 is 0 Å². The third kappa shape index (κ3) is 3.91. The maximum atomic E-state index is 12.6. The number of rotatable bonds is 5. The van der Waals surface area contributed by atoms with E-state index in [2.05, 4.69) is 22.3 Å². The molecule has 0 atom stereocenters.